The van der Waals surface area contributed by atoms with Crippen molar-refractivity contribution in [3.63, 3.8) is 0 Å². The molecule has 5 rings (SSSR count). The molecule has 0 bridgehead atoms. The second-order valence-corrected chi connectivity index (χ2v) is 9.72. The SMILES string of the molecule is O=C(NCc1nc2ccc(Cl)cc2[nH]1)C1C(O)CCN1Cc1csc(-c2ccc(Cl)cc2)n1. The standard InChI is InChI=1S/C23H21Cl2N5O2S/c24-14-3-1-13(2-4-14)23-27-16(12-33-23)11-30-8-7-19(31)21(30)22(32)26-10-20-28-17-6-5-15(25)9-18(17)29-20/h1-6,9,12,19,21,31H,7-8,10-11H2,(H,26,32)(H,28,29). The smallest absolute Gasteiger partial charge is 0.240 e. The lowest BCUT2D eigenvalue weighted by atomic mass is 10.1. The van der Waals surface area contributed by atoms with Gasteiger partial charge in [-0.05, 0) is 36.8 Å². The van der Waals surface area contributed by atoms with Crippen LogP contribution in [0.1, 0.15) is 17.9 Å². The van der Waals surface area contributed by atoms with Crippen LogP contribution in [0.2, 0.25) is 10.0 Å². The highest BCUT2D eigenvalue weighted by Crippen LogP contribution is 2.27. The minimum absolute atomic E-state index is 0.230. The number of carbonyl (C=O) groups excluding carboxylic acids is 1. The topological polar surface area (TPSA) is 94.1 Å². The second kappa shape index (κ2) is 9.40. The summed E-state index contributed by atoms with van der Waals surface area (Å²) in [4.78, 5) is 27.3. The van der Waals surface area contributed by atoms with Gasteiger partial charge in [-0.25, -0.2) is 9.97 Å². The van der Waals surface area contributed by atoms with Crippen LogP contribution in [0.3, 0.4) is 0 Å². The minimum atomic E-state index is -0.728. The zero-order chi connectivity index (χ0) is 22.9. The number of fused-ring (bicyclic) bond motifs is 1. The maximum absolute atomic E-state index is 13.0. The van der Waals surface area contributed by atoms with Crippen LogP contribution in [0.25, 0.3) is 21.6 Å². The van der Waals surface area contributed by atoms with Crippen LogP contribution in [0, 0.1) is 0 Å². The van der Waals surface area contributed by atoms with E-state index in [4.69, 9.17) is 28.2 Å². The van der Waals surface area contributed by atoms with Crippen molar-refractivity contribution < 1.29 is 9.90 Å². The van der Waals surface area contributed by atoms with Gasteiger partial charge in [0, 0.05) is 34.1 Å². The van der Waals surface area contributed by atoms with E-state index in [0.29, 0.717) is 35.4 Å². The van der Waals surface area contributed by atoms with E-state index >= 15 is 0 Å². The average molecular weight is 502 g/mol. The van der Waals surface area contributed by atoms with Crippen molar-refractivity contribution in [2.75, 3.05) is 6.54 Å². The number of imidazole rings is 1. The number of thiazole rings is 1. The molecular weight excluding hydrogens is 481 g/mol. The molecule has 0 spiro atoms. The van der Waals surface area contributed by atoms with Gasteiger partial charge in [0.05, 0.1) is 29.4 Å². The predicted molar refractivity (Wildman–Crippen MR) is 130 cm³/mol. The Morgan fingerprint density at radius 3 is 2.79 bits per heavy atom. The molecule has 0 radical (unpaired) electrons. The van der Waals surface area contributed by atoms with Gasteiger partial charge in [0.2, 0.25) is 5.91 Å². The van der Waals surface area contributed by atoms with E-state index in [0.717, 1.165) is 27.3 Å². The first-order chi connectivity index (χ1) is 16.0. The van der Waals surface area contributed by atoms with Crippen molar-refractivity contribution in [1.29, 1.82) is 0 Å². The number of amides is 1. The number of likely N-dealkylation sites (tertiary alicyclic amines) is 1. The molecule has 1 aliphatic rings. The molecule has 0 saturated carbocycles. The van der Waals surface area contributed by atoms with Crippen LogP contribution in [0.4, 0.5) is 0 Å². The molecule has 1 aliphatic heterocycles. The summed E-state index contributed by atoms with van der Waals surface area (Å²) in [7, 11) is 0. The van der Waals surface area contributed by atoms with Gasteiger partial charge in [-0.1, -0.05) is 35.3 Å². The monoisotopic (exact) mass is 501 g/mol. The molecule has 1 amide bonds. The number of aliphatic hydroxyl groups excluding tert-OH is 1. The number of nitrogens with one attached hydrogen (secondary N) is 2. The summed E-state index contributed by atoms with van der Waals surface area (Å²) in [5.74, 6) is 0.401. The maximum Gasteiger partial charge on any atom is 0.240 e. The van der Waals surface area contributed by atoms with E-state index in [1.165, 1.54) is 0 Å². The number of carbonyl (C=O) groups is 1. The van der Waals surface area contributed by atoms with Crippen LogP contribution < -0.4 is 5.32 Å². The van der Waals surface area contributed by atoms with E-state index in [9.17, 15) is 9.90 Å². The van der Waals surface area contributed by atoms with E-state index in [-0.39, 0.29) is 12.5 Å². The molecule has 0 aliphatic carbocycles. The Kier molecular flexibility index (Phi) is 6.36. The maximum atomic E-state index is 13.0. The average Bonchev–Trinajstić information content (AvgIpc) is 3.51. The Labute approximate surface area is 204 Å². The van der Waals surface area contributed by atoms with Crippen molar-refractivity contribution >= 4 is 51.5 Å². The molecule has 4 aromatic rings. The molecule has 10 heteroatoms. The summed E-state index contributed by atoms with van der Waals surface area (Å²) in [5.41, 5.74) is 3.46. The van der Waals surface area contributed by atoms with Gasteiger partial charge in [-0.3, -0.25) is 9.69 Å². The summed E-state index contributed by atoms with van der Waals surface area (Å²) in [6, 6.07) is 12.3. The molecule has 3 heterocycles. The van der Waals surface area contributed by atoms with E-state index in [1.54, 1.807) is 23.5 Å². The fourth-order valence-electron chi connectivity index (χ4n) is 4.06. The Morgan fingerprint density at radius 1 is 1.18 bits per heavy atom. The number of H-pyrrole nitrogens is 1. The Bertz CT molecular complexity index is 1290. The molecule has 2 unspecified atom stereocenters. The third-order valence-electron chi connectivity index (χ3n) is 5.67. The number of rotatable bonds is 6. The normalized spacial score (nSPS) is 18.8. The van der Waals surface area contributed by atoms with Crippen molar-refractivity contribution in [1.82, 2.24) is 25.2 Å². The van der Waals surface area contributed by atoms with Crippen LogP contribution in [0.15, 0.2) is 47.8 Å². The number of aliphatic hydroxyl groups is 1. The van der Waals surface area contributed by atoms with Crippen LogP contribution in [0.5, 0.6) is 0 Å². The third-order valence-corrected chi connectivity index (χ3v) is 7.10. The zero-order valence-electron chi connectivity index (χ0n) is 17.5. The number of hydrogen-bond donors (Lipinski definition) is 3. The molecule has 2 aromatic heterocycles. The largest absolute Gasteiger partial charge is 0.391 e. The van der Waals surface area contributed by atoms with Gasteiger partial charge in [-0.2, -0.15) is 0 Å². The van der Waals surface area contributed by atoms with Crippen LogP contribution in [-0.4, -0.2) is 49.6 Å². The highest BCUT2D eigenvalue weighted by Gasteiger charge is 2.38. The lowest BCUT2D eigenvalue weighted by Crippen LogP contribution is -2.47. The van der Waals surface area contributed by atoms with Crippen LogP contribution in [-0.2, 0) is 17.9 Å². The molecule has 1 fully saturated rings. The molecule has 2 atom stereocenters. The molecule has 33 heavy (non-hydrogen) atoms. The quantitative estimate of drug-likeness (QED) is 0.367. The highest BCUT2D eigenvalue weighted by atomic mass is 35.5. The van der Waals surface area contributed by atoms with Gasteiger partial charge >= 0.3 is 0 Å². The Morgan fingerprint density at radius 2 is 1.97 bits per heavy atom. The van der Waals surface area contributed by atoms with Gasteiger partial charge in [-0.15, -0.1) is 11.3 Å². The first kappa shape index (κ1) is 22.3. The summed E-state index contributed by atoms with van der Waals surface area (Å²) >= 11 is 13.5. The first-order valence-corrected chi connectivity index (χ1v) is 12.1. The first-order valence-electron chi connectivity index (χ1n) is 10.5. The van der Waals surface area contributed by atoms with Gasteiger partial charge in [0.1, 0.15) is 16.9 Å². The predicted octanol–water partition coefficient (Wildman–Crippen LogP) is 4.24. The summed E-state index contributed by atoms with van der Waals surface area (Å²) < 4.78 is 0. The van der Waals surface area contributed by atoms with Crippen molar-refractivity contribution in [2.24, 2.45) is 0 Å². The second-order valence-electron chi connectivity index (χ2n) is 7.98. The van der Waals surface area contributed by atoms with Crippen molar-refractivity contribution in [3.8, 4) is 10.6 Å². The zero-order valence-corrected chi connectivity index (χ0v) is 19.8. The number of hydrogen-bond acceptors (Lipinski definition) is 6. The lowest BCUT2D eigenvalue weighted by molar-refractivity contribution is -0.128. The summed E-state index contributed by atoms with van der Waals surface area (Å²) in [5, 5.41) is 17.6. The fraction of sp³-hybridized carbons (Fsp3) is 0.261. The fourth-order valence-corrected chi connectivity index (χ4v) is 5.18. The molecule has 170 valence electrons. The van der Waals surface area contributed by atoms with Crippen molar-refractivity contribution in [2.45, 2.75) is 31.7 Å². The van der Waals surface area contributed by atoms with E-state index in [1.807, 2.05) is 40.6 Å². The van der Waals surface area contributed by atoms with Gasteiger partial charge in [0.15, 0.2) is 0 Å². The van der Waals surface area contributed by atoms with E-state index < -0.39 is 12.1 Å². The summed E-state index contributed by atoms with van der Waals surface area (Å²) in [6.07, 6.45) is -0.191. The van der Waals surface area contributed by atoms with Gasteiger partial charge < -0.3 is 15.4 Å². The number of aromatic amines is 1. The number of halogens is 2. The molecule has 2 aromatic carbocycles. The molecule has 3 N–H and O–H groups in total. The number of benzene rings is 2. The third kappa shape index (κ3) is 4.90. The minimum Gasteiger partial charge on any atom is -0.391 e. The van der Waals surface area contributed by atoms with Crippen molar-refractivity contribution in [3.05, 3.63) is 69.4 Å². The molecule has 1 saturated heterocycles. The van der Waals surface area contributed by atoms with Gasteiger partial charge in [0.25, 0.3) is 0 Å². The molecular formula is C23H21Cl2N5O2S. The Hall–Kier alpha value is -2.49. The summed E-state index contributed by atoms with van der Waals surface area (Å²) in [6.45, 7) is 1.35. The number of nitrogens with zero attached hydrogens (tertiary/aromatic N) is 3. The number of aromatic nitrogens is 3. The highest BCUT2D eigenvalue weighted by molar-refractivity contribution is 7.13. The van der Waals surface area contributed by atoms with Crippen LogP contribution >= 0.6 is 34.5 Å². The molecule has 7 nitrogen and oxygen atoms in total. The lowest BCUT2D eigenvalue weighted by Gasteiger charge is -2.24. The Balaban J connectivity index is 1.24. The van der Waals surface area contributed by atoms with E-state index in [2.05, 4.69) is 15.3 Å².